The van der Waals surface area contributed by atoms with Gasteiger partial charge in [-0.2, -0.15) is 5.10 Å². The molecular weight excluding hydrogens is 284 g/mol. The molecule has 0 radical (unpaired) electrons. The van der Waals surface area contributed by atoms with Gasteiger partial charge in [0.15, 0.2) is 0 Å². The molecule has 0 aliphatic heterocycles. The number of hydrogen-bond donors (Lipinski definition) is 1. The van der Waals surface area contributed by atoms with Crippen LogP contribution in [0.3, 0.4) is 0 Å². The van der Waals surface area contributed by atoms with Gasteiger partial charge in [-0.1, -0.05) is 35.9 Å². The fourth-order valence-electron chi connectivity index (χ4n) is 2.94. The highest BCUT2D eigenvalue weighted by Gasteiger charge is 2.11. The molecule has 0 saturated carbocycles. The van der Waals surface area contributed by atoms with E-state index in [2.05, 4.69) is 66.5 Å². The first-order chi connectivity index (χ1) is 11.1. The van der Waals surface area contributed by atoms with Crippen molar-refractivity contribution in [2.24, 2.45) is 0 Å². The van der Waals surface area contributed by atoms with E-state index in [1.165, 1.54) is 22.3 Å². The Morgan fingerprint density at radius 1 is 1.04 bits per heavy atom. The van der Waals surface area contributed by atoms with Gasteiger partial charge in [-0.15, -0.1) is 0 Å². The molecule has 3 heteroatoms. The van der Waals surface area contributed by atoms with Crippen LogP contribution in [0.1, 0.15) is 28.1 Å². The van der Waals surface area contributed by atoms with E-state index < -0.39 is 0 Å². The van der Waals surface area contributed by atoms with Crippen molar-refractivity contribution in [3.63, 3.8) is 0 Å². The summed E-state index contributed by atoms with van der Waals surface area (Å²) in [5.74, 6) is 0.903. The molecule has 0 spiro atoms. The minimum absolute atomic E-state index is 0.872. The zero-order chi connectivity index (χ0) is 16.4. The van der Waals surface area contributed by atoms with Crippen molar-refractivity contribution in [3.05, 3.63) is 70.5 Å². The van der Waals surface area contributed by atoms with Crippen LogP contribution in [0.15, 0.2) is 42.5 Å². The number of nitrogens with one attached hydrogen (secondary N) is 1. The third-order valence-corrected chi connectivity index (χ3v) is 4.25. The number of nitrogens with zero attached hydrogens (tertiary/aromatic N) is 1. The molecule has 0 fully saturated rings. The predicted molar refractivity (Wildman–Crippen MR) is 94.0 cm³/mol. The Balaban J connectivity index is 2.03. The summed E-state index contributed by atoms with van der Waals surface area (Å²) in [7, 11) is 1.72. The largest absolute Gasteiger partial charge is 0.496 e. The lowest BCUT2D eigenvalue weighted by molar-refractivity contribution is 0.416. The van der Waals surface area contributed by atoms with E-state index in [4.69, 9.17) is 4.74 Å². The number of hydrogen-bond acceptors (Lipinski definition) is 2. The van der Waals surface area contributed by atoms with Crippen molar-refractivity contribution < 1.29 is 4.74 Å². The third kappa shape index (κ3) is 3.14. The lowest BCUT2D eigenvalue weighted by atomic mass is 9.97. The highest BCUT2D eigenvalue weighted by atomic mass is 16.5. The SMILES string of the molecule is COc1ccc(Cc2c(C)n[nH]c2C)cc1-c1cccc(C)c1. The van der Waals surface area contributed by atoms with Gasteiger partial charge in [0.05, 0.1) is 12.8 Å². The normalized spacial score (nSPS) is 10.8. The Labute approximate surface area is 137 Å². The van der Waals surface area contributed by atoms with Gasteiger partial charge in [-0.05, 0) is 44.0 Å². The van der Waals surface area contributed by atoms with Crippen molar-refractivity contribution >= 4 is 0 Å². The average molecular weight is 306 g/mol. The maximum absolute atomic E-state index is 5.56. The van der Waals surface area contributed by atoms with Gasteiger partial charge in [0.1, 0.15) is 5.75 Å². The highest BCUT2D eigenvalue weighted by molar-refractivity contribution is 5.72. The van der Waals surface area contributed by atoms with Crippen LogP contribution in [-0.2, 0) is 6.42 Å². The van der Waals surface area contributed by atoms with Crippen LogP contribution in [0.2, 0.25) is 0 Å². The van der Waals surface area contributed by atoms with Crippen LogP contribution >= 0.6 is 0 Å². The van der Waals surface area contributed by atoms with Crippen LogP contribution < -0.4 is 4.74 Å². The number of methoxy groups -OCH3 is 1. The Hall–Kier alpha value is -2.55. The summed E-state index contributed by atoms with van der Waals surface area (Å²) in [5, 5.41) is 7.35. The minimum Gasteiger partial charge on any atom is -0.496 e. The van der Waals surface area contributed by atoms with E-state index in [0.29, 0.717) is 0 Å². The summed E-state index contributed by atoms with van der Waals surface area (Å²) in [6, 6.07) is 14.9. The Morgan fingerprint density at radius 2 is 1.87 bits per heavy atom. The molecule has 3 aromatic rings. The first-order valence-electron chi connectivity index (χ1n) is 7.83. The lowest BCUT2D eigenvalue weighted by Gasteiger charge is -2.12. The highest BCUT2D eigenvalue weighted by Crippen LogP contribution is 2.32. The van der Waals surface area contributed by atoms with Crippen molar-refractivity contribution in [2.45, 2.75) is 27.2 Å². The molecule has 3 nitrogen and oxygen atoms in total. The fourth-order valence-corrected chi connectivity index (χ4v) is 2.94. The second kappa shape index (κ2) is 6.29. The van der Waals surface area contributed by atoms with Gasteiger partial charge in [0.25, 0.3) is 0 Å². The molecule has 0 aliphatic carbocycles. The average Bonchev–Trinajstić information content (AvgIpc) is 2.87. The summed E-state index contributed by atoms with van der Waals surface area (Å²) in [4.78, 5) is 0. The molecule has 1 aromatic heterocycles. The zero-order valence-electron chi connectivity index (χ0n) is 14.1. The summed E-state index contributed by atoms with van der Waals surface area (Å²) in [6.07, 6.45) is 0.872. The summed E-state index contributed by atoms with van der Waals surface area (Å²) >= 11 is 0. The Kier molecular flexibility index (Phi) is 4.20. The van der Waals surface area contributed by atoms with E-state index in [-0.39, 0.29) is 0 Å². The molecule has 23 heavy (non-hydrogen) atoms. The van der Waals surface area contributed by atoms with Crippen LogP contribution in [0, 0.1) is 20.8 Å². The molecule has 0 atom stereocenters. The summed E-state index contributed by atoms with van der Waals surface area (Å²) in [5.41, 5.74) is 8.29. The summed E-state index contributed by atoms with van der Waals surface area (Å²) in [6.45, 7) is 6.22. The monoisotopic (exact) mass is 306 g/mol. The zero-order valence-corrected chi connectivity index (χ0v) is 14.1. The number of aryl methyl sites for hydroxylation is 3. The van der Waals surface area contributed by atoms with Gasteiger partial charge in [0.2, 0.25) is 0 Å². The topological polar surface area (TPSA) is 37.9 Å². The Bertz CT molecular complexity index is 814. The van der Waals surface area contributed by atoms with Gasteiger partial charge in [0, 0.05) is 23.2 Å². The van der Waals surface area contributed by atoms with E-state index in [9.17, 15) is 0 Å². The van der Waals surface area contributed by atoms with Crippen LogP contribution in [-0.4, -0.2) is 17.3 Å². The molecular formula is C20H22N2O. The van der Waals surface area contributed by atoms with Gasteiger partial charge in [-0.25, -0.2) is 0 Å². The smallest absolute Gasteiger partial charge is 0.126 e. The van der Waals surface area contributed by atoms with Gasteiger partial charge in [-0.3, -0.25) is 5.10 Å². The maximum atomic E-state index is 5.56. The number of H-pyrrole nitrogens is 1. The first kappa shape index (κ1) is 15.3. The fraction of sp³-hybridized carbons (Fsp3) is 0.250. The van der Waals surface area contributed by atoms with E-state index >= 15 is 0 Å². The first-order valence-corrected chi connectivity index (χ1v) is 7.83. The Morgan fingerprint density at radius 3 is 2.52 bits per heavy atom. The van der Waals surface area contributed by atoms with Crippen molar-refractivity contribution in [1.82, 2.24) is 10.2 Å². The van der Waals surface area contributed by atoms with E-state index in [1.54, 1.807) is 7.11 Å². The van der Waals surface area contributed by atoms with Crippen LogP contribution in [0.4, 0.5) is 0 Å². The predicted octanol–water partition coefficient (Wildman–Crippen LogP) is 4.60. The molecule has 3 rings (SSSR count). The summed E-state index contributed by atoms with van der Waals surface area (Å²) < 4.78 is 5.56. The molecule has 118 valence electrons. The maximum Gasteiger partial charge on any atom is 0.126 e. The molecule has 1 N–H and O–H groups in total. The van der Waals surface area contributed by atoms with Gasteiger partial charge >= 0.3 is 0 Å². The van der Waals surface area contributed by atoms with E-state index in [0.717, 1.165) is 29.1 Å². The molecule has 0 unspecified atom stereocenters. The second-order valence-electron chi connectivity index (χ2n) is 5.99. The van der Waals surface area contributed by atoms with E-state index in [1.807, 2.05) is 6.92 Å². The quantitative estimate of drug-likeness (QED) is 0.765. The third-order valence-electron chi connectivity index (χ3n) is 4.25. The molecule has 1 heterocycles. The van der Waals surface area contributed by atoms with Crippen molar-refractivity contribution in [2.75, 3.05) is 7.11 Å². The number of benzene rings is 2. The molecule has 0 aliphatic rings. The lowest BCUT2D eigenvalue weighted by Crippen LogP contribution is -1.95. The van der Waals surface area contributed by atoms with Crippen molar-refractivity contribution in [3.8, 4) is 16.9 Å². The molecule has 0 bridgehead atoms. The molecule has 0 amide bonds. The minimum atomic E-state index is 0.872. The standard InChI is InChI=1S/C20H22N2O/c1-13-6-5-7-17(10-13)19-12-16(8-9-20(19)23-4)11-18-14(2)21-22-15(18)3/h5-10,12H,11H2,1-4H3,(H,21,22). The van der Waals surface area contributed by atoms with Gasteiger partial charge < -0.3 is 4.74 Å². The number of ether oxygens (including phenoxy) is 1. The van der Waals surface area contributed by atoms with Crippen LogP contribution in [0.5, 0.6) is 5.75 Å². The molecule has 0 saturated heterocycles. The number of aromatic amines is 1. The number of rotatable bonds is 4. The van der Waals surface area contributed by atoms with Crippen LogP contribution in [0.25, 0.3) is 11.1 Å². The second-order valence-corrected chi connectivity index (χ2v) is 5.99. The molecule has 2 aromatic carbocycles. The number of aromatic nitrogens is 2. The van der Waals surface area contributed by atoms with Crippen molar-refractivity contribution in [1.29, 1.82) is 0 Å².